The van der Waals surface area contributed by atoms with Gasteiger partial charge in [-0.25, -0.2) is 14.2 Å². The molecule has 0 bridgehead atoms. The normalized spacial score (nSPS) is 14.7. The van der Waals surface area contributed by atoms with Crippen molar-refractivity contribution in [1.29, 1.82) is 0 Å². The van der Waals surface area contributed by atoms with E-state index in [1.165, 1.54) is 12.1 Å². The fourth-order valence-corrected chi connectivity index (χ4v) is 5.92. The number of pyridine rings is 1. The summed E-state index contributed by atoms with van der Waals surface area (Å²) in [6.07, 6.45) is 1.64. The van der Waals surface area contributed by atoms with Crippen LogP contribution in [0.25, 0.3) is 21.7 Å². The van der Waals surface area contributed by atoms with E-state index in [9.17, 15) is 14.3 Å². The first kappa shape index (κ1) is 28.9. The van der Waals surface area contributed by atoms with Gasteiger partial charge >= 0.3 is 5.97 Å². The number of benzene rings is 3. The number of phenolic OH excluding ortho intramolecular Hbond substituents is 1. The predicted octanol–water partition coefficient (Wildman–Crippen LogP) is 6.96. The molecule has 0 aliphatic carbocycles. The quantitative estimate of drug-likeness (QED) is 0.190. The lowest BCUT2D eigenvalue weighted by Gasteiger charge is -2.36. The highest BCUT2D eigenvalue weighted by molar-refractivity contribution is 6.30. The Morgan fingerprint density at radius 1 is 1.14 bits per heavy atom. The number of halogens is 2. The van der Waals surface area contributed by atoms with Crippen LogP contribution in [0.3, 0.4) is 0 Å². The molecule has 5 aromatic rings. The van der Waals surface area contributed by atoms with Gasteiger partial charge in [-0.05, 0) is 43.2 Å². The van der Waals surface area contributed by atoms with E-state index in [-0.39, 0.29) is 29.5 Å². The van der Waals surface area contributed by atoms with Gasteiger partial charge in [-0.1, -0.05) is 41.9 Å². The van der Waals surface area contributed by atoms with Gasteiger partial charge in [-0.3, -0.25) is 4.90 Å². The van der Waals surface area contributed by atoms with Crippen LogP contribution in [-0.4, -0.2) is 53.9 Å². The first-order valence-electron chi connectivity index (χ1n) is 14.1. The van der Waals surface area contributed by atoms with E-state index in [0.717, 1.165) is 5.56 Å². The second-order valence-corrected chi connectivity index (χ2v) is 10.7. The number of fused-ring (bicyclic) bond motifs is 3. The Labute approximate surface area is 252 Å². The van der Waals surface area contributed by atoms with Gasteiger partial charge in [0, 0.05) is 47.1 Å². The van der Waals surface area contributed by atoms with Crippen molar-refractivity contribution in [2.45, 2.75) is 26.5 Å². The minimum absolute atomic E-state index is 0.0128. The largest absolute Gasteiger partial charge is 0.507 e. The molecule has 6 rings (SSSR count). The van der Waals surface area contributed by atoms with Gasteiger partial charge in [0.1, 0.15) is 35.1 Å². The van der Waals surface area contributed by atoms with Crippen LogP contribution in [-0.2, 0) is 16.1 Å². The minimum Gasteiger partial charge on any atom is -0.507 e. The zero-order valence-electron chi connectivity index (χ0n) is 23.7. The Morgan fingerprint density at radius 3 is 2.65 bits per heavy atom. The van der Waals surface area contributed by atoms with Gasteiger partial charge in [0.2, 0.25) is 5.88 Å². The molecule has 10 heteroatoms. The van der Waals surface area contributed by atoms with E-state index < -0.39 is 17.8 Å². The summed E-state index contributed by atoms with van der Waals surface area (Å²) in [6.45, 7) is 5.96. The second-order valence-electron chi connectivity index (χ2n) is 10.3. The Morgan fingerprint density at radius 2 is 1.91 bits per heavy atom. The number of esters is 1. The van der Waals surface area contributed by atoms with Gasteiger partial charge in [0.05, 0.1) is 30.9 Å². The Balaban J connectivity index is 1.53. The SMILES string of the molecule is CCOC(=O)c1c(C)oc2c1c(C(c1ccnc(OCc3ccc(F)c(Cl)c3)c1)N1CCOCC1)c(O)c1ccccc12. The predicted molar refractivity (Wildman–Crippen MR) is 160 cm³/mol. The summed E-state index contributed by atoms with van der Waals surface area (Å²) < 4.78 is 37.0. The maximum atomic E-state index is 13.7. The lowest BCUT2D eigenvalue weighted by Crippen LogP contribution is -2.39. The number of aryl methyl sites for hydroxylation is 1. The second kappa shape index (κ2) is 12.2. The molecule has 222 valence electrons. The molecule has 1 atom stereocenters. The lowest BCUT2D eigenvalue weighted by atomic mass is 9.89. The standard InChI is InChI=1S/C33H30ClFN2O6/c1-3-41-33(39)27-19(2)43-32-23-7-5-4-6-22(23)31(38)29(28(27)32)30(37-12-14-40-15-13-37)21-10-11-36-26(17-21)42-18-20-8-9-25(35)24(34)16-20/h4-11,16-17,30,38H,3,12-15,18H2,1-2H3. The molecule has 1 aliphatic heterocycles. The van der Waals surface area contributed by atoms with Gasteiger partial charge in [-0.2, -0.15) is 0 Å². The maximum absolute atomic E-state index is 13.7. The molecule has 0 spiro atoms. The molecular weight excluding hydrogens is 575 g/mol. The Kier molecular flexibility index (Phi) is 8.21. The molecule has 1 fully saturated rings. The van der Waals surface area contributed by atoms with Crippen molar-refractivity contribution in [2.75, 3.05) is 32.9 Å². The molecular formula is C33H30ClFN2O6. The third-order valence-corrected chi connectivity index (χ3v) is 7.93. The van der Waals surface area contributed by atoms with Crippen LogP contribution in [0.1, 0.15) is 45.8 Å². The summed E-state index contributed by atoms with van der Waals surface area (Å²) in [7, 11) is 0. The van der Waals surface area contributed by atoms with Crippen molar-refractivity contribution in [3.63, 3.8) is 0 Å². The highest BCUT2D eigenvalue weighted by Gasteiger charge is 2.34. The number of aromatic hydroxyl groups is 1. The third-order valence-electron chi connectivity index (χ3n) is 7.64. The summed E-state index contributed by atoms with van der Waals surface area (Å²) >= 11 is 5.95. The molecule has 0 radical (unpaired) electrons. The average molecular weight is 605 g/mol. The zero-order valence-corrected chi connectivity index (χ0v) is 24.5. The van der Waals surface area contributed by atoms with Crippen LogP contribution >= 0.6 is 11.6 Å². The summed E-state index contributed by atoms with van der Waals surface area (Å²) in [5.74, 6) is -0.236. The number of nitrogens with zero attached hydrogens (tertiary/aromatic N) is 2. The molecule has 2 aromatic heterocycles. The molecule has 43 heavy (non-hydrogen) atoms. The van der Waals surface area contributed by atoms with Crippen molar-refractivity contribution in [3.05, 3.63) is 99.6 Å². The highest BCUT2D eigenvalue weighted by atomic mass is 35.5. The van der Waals surface area contributed by atoms with E-state index in [2.05, 4.69) is 9.88 Å². The Hall–Kier alpha value is -4.18. The van der Waals surface area contributed by atoms with E-state index in [4.69, 9.17) is 30.2 Å². The summed E-state index contributed by atoms with van der Waals surface area (Å²) in [4.78, 5) is 19.9. The van der Waals surface area contributed by atoms with Crippen molar-refractivity contribution < 1.29 is 32.9 Å². The number of aromatic nitrogens is 1. The number of ether oxygens (including phenoxy) is 3. The molecule has 3 heterocycles. The molecule has 0 saturated carbocycles. The highest BCUT2D eigenvalue weighted by Crippen LogP contribution is 2.47. The van der Waals surface area contributed by atoms with Crippen LogP contribution < -0.4 is 4.74 Å². The molecule has 1 unspecified atom stereocenters. The van der Waals surface area contributed by atoms with Crippen molar-refractivity contribution >= 4 is 39.3 Å². The molecule has 1 N–H and O–H groups in total. The molecule has 8 nitrogen and oxygen atoms in total. The minimum atomic E-state index is -0.521. The van der Waals surface area contributed by atoms with E-state index in [1.54, 1.807) is 26.1 Å². The fourth-order valence-electron chi connectivity index (χ4n) is 5.71. The molecule has 1 saturated heterocycles. The van der Waals surface area contributed by atoms with Gasteiger partial charge in [0.25, 0.3) is 0 Å². The molecule has 1 aliphatic rings. The van der Waals surface area contributed by atoms with Gasteiger partial charge in [0.15, 0.2) is 0 Å². The molecule has 0 amide bonds. The van der Waals surface area contributed by atoms with Gasteiger partial charge in [-0.15, -0.1) is 0 Å². The fraction of sp³-hybridized carbons (Fsp3) is 0.273. The van der Waals surface area contributed by atoms with E-state index in [1.807, 2.05) is 36.4 Å². The lowest BCUT2D eigenvalue weighted by molar-refractivity contribution is 0.0237. The molecule has 3 aromatic carbocycles. The number of furan rings is 1. The monoisotopic (exact) mass is 604 g/mol. The first-order chi connectivity index (χ1) is 20.9. The number of hydrogen-bond acceptors (Lipinski definition) is 8. The van der Waals surface area contributed by atoms with E-state index >= 15 is 0 Å². The third kappa shape index (κ3) is 5.51. The number of carbonyl (C=O) groups excluding carboxylic acids is 1. The van der Waals surface area contributed by atoms with Crippen molar-refractivity contribution in [3.8, 4) is 11.6 Å². The summed E-state index contributed by atoms with van der Waals surface area (Å²) in [6, 6.07) is 15.0. The number of morpholine rings is 1. The Bertz CT molecular complexity index is 1820. The summed E-state index contributed by atoms with van der Waals surface area (Å²) in [5.41, 5.74) is 2.78. The maximum Gasteiger partial charge on any atom is 0.342 e. The first-order valence-corrected chi connectivity index (χ1v) is 14.4. The van der Waals surface area contributed by atoms with E-state index in [0.29, 0.717) is 70.8 Å². The van der Waals surface area contributed by atoms with Crippen LogP contribution in [0, 0.1) is 12.7 Å². The topological polar surface area (TPSA) is 94.3 Å². The number of carbonyl (C=O) groups is 1. The van der Waals surface area contributed by atoms with Crippen LogP contribution in [0.15, 0.2) is 65.2 Å². The van der Waals surface area contributed by atoms with Crippen molar-refractivity contribution in [1.82, 2.24) is 9.88 Å². The summed E-state index contributed by atoms with van der Waals surface area (Å²) in [5, 5.41) is 13.8. The van der Waals surface area contributed by atoms with Crippen LogP contribution in [0.5, 0.6) is 11.6 Å². The van der Waals surface area contributed by atoms with Crippen molar-refractivity contribution in [2.24, 2.45) is 0 Å². The smallest absolute Gasteiger partial charge is 0.342 e. The van der Waals surface area contributed by atoms with Crippen LogP contribution in [0.4, 0.5) is 4.39 Å². The zero-order chi connectivity index (χ0) is 30.1. The average Bonchev–Trinajstić information content (AvgIpc) is 3.37. The van der Waals surface area contributed by atoms with Crippen LogP contribution in [0.2, 0.25) is 5.02 Å². The number of phenols is 1. The number of rotatable bonds is 8. The van der Waals surface area contributed by atoms with Gasteiger partial charge < -0.3 is 23.7 Å². The number of hydrogen-bond donors (Lipinski definition) is 1.